The van der Waals surface area contributed by atoms with Crippen molar-refractivity contribution in [2.75, 3.05) is 90.1 Å². The van der Waals surface area contributed by atoms with Crippen molar-refractivity contribution in [3.8, 4) is 0 Å². The number of methoxy groups -OCH3 is 6. The van der Waals surface area contributed by atoms with Gasteiger partial charge in [0.25, 0.3) is 0 Å². The van der Waals surface area contributed by atoms with Gasteiger partial charge in [0.15, 0.2) is 0 Å². The van der Waals surface area contributed by atoms with Crippen LogP contribution in [0.15, 0.2) is 0 Å². The van der Waals surface area contributed by atoms with Gasteiger partial charge >= 0.3 is 11.7 Å². The third-order valence-corrected chi connectivity index (χ3v) is 8.55. The number of unbranched alkanes of at least 4 members (excludes halogenated alkanes) is 5. The largest absolute Gasteiger partial charge is 0.349 e. The summed E-state index contributed by atoms with van der Waals surface area (Å²) in [7, 11) is 9.19. The molecule has 0 amide bonds. The maximum atomic E-state index is 6.32. The van der Waals surface area contributed by atoms with Crippen molar-refractivity contribution in [3.05, 3.63) is 0 Å². The Morgan fingerprint density at radius 2 is 0.800 bits per heavy atom. The first-order valence-electron chi connectivity index (χ1n) is 17.0. The summed E-state index contributed by atoms with van der Waals surface area (Å²) in [5.41, 5.74) is 0. The summed E-state index contributed by atoms with van der Waals surface area (Å²) in [6.07, 6.45) is 10.1. The lowest BCUT2D eigenvalue weighted by Crippen LogP contribution is -2.77. The molecule has 12 nitrogen and oxygen atoms in total. The molecule has 0 fully saturated rings. The Bertz CT molecular complexity index is 859. The molecule has 0 spiro atoms. The van der Waals surface area contributed by atoms with Gasteiger partial charge in [-0.1, -0.05) is 66.7 Å². The number of aromatic nitrogens is 3. The molecule has 1 rings (SSSR count). The Balaban J connectivity index is 4.22. The van der Waals surface area contributed by atoms with Gasteiger partial charge in [-0.05, 0) is 39.0 Å². The Morgan fingerprint density at radius 3 is 1.09 bits per heavy atom. The SMILES string of the molecule is CCCCN(CCCC)c1nc(N(CCCC)CCCC)nc(N(CCCC)C(OC)(OC)C(OC)(OC)C(C)(OC)OC)n1. The summed E-state index contributed by atoms with van der Waals surface area (Å²) in [4.78, 5) is 21.9. The quantitative estimate of drug-likeness (QED) is 0.102. The van der Waals surface area contributed by atoms with E-state index in [0.29, 0.717) is 24.4 Å². The smallest absolute Gasteiger partial charge is 0.316 e. The highest BCUT2D eigenvalue weighted by atomic mass is 16.8. The van der Waals surface area contributed by atoms with Crippen LogP contribution in [0.5, 0.6) is 0 Å². The van der Waals surface area contributed by atoms with Crippen LogP contribution in [0.3, 0.4) is 0 Å². The standard InChI is InChI=1S/C33H66N6O6/c1-13-18-23-37(24-19-14-2)28-34-29(38(25-20-15-3)26-21-16-4)36-30(35-28)39(27-22-17-5)33(44-11,45-12)32(42-9,43-10)31(6,40-7)41-8/h13-27H2,1-12H3. The third kappa shape index (κ3) is 9.60. The molecule has 0 saturated carbocycles. The van der Waals surface area contributed by atoms with Gasteiger partial charge in [-0.15, -0.1) is 0 Å². The molecule has 0 aliphatic rings. The normalized spacial score (nSPS) is 12.5. The Labute approximate surface area is 274 Å². The van der Waals surface area contributed by atoms with E-state index in [2.05, 4.69) is 44.4 Å². The molecule has 1 aromatic rings. The first-order chi connectivity index (χ1) is 21.7. The van der Waals surface area contributed by atoms with Crippen molar-refractivity contribution in [1.82, 2.24) is 15.0 Å². The molecule has 0 saturated heterocycles. The predicted octanol–water partition coefficient (Wildman–Crippen LogP) is 6.24. The molecule has 12 heteroatoms. The fraction of sp³-hybridized carbons (Fsp3) is 0.909. The lowest BCUT2D eigenvalue weighted by Gasteiger charge is -2.55. The molecule has 0 unspecified atom stereocenters. The van der Waals surface area contributed by atoms with Crippen LogP contribution in [0.4, 0.5) is 17.8 Å². The van der Waals surface area contributed by atoms with E-state index >= 15 is 0 Å². The molecule has 0 atom stereocenters. The topological polar surface area (TPSA) is 104 Å². The van der Waals surface area contributed by atoms with Crippen LogP contribution in [0.2, 0.25) is 0 Å². The molecule has 264 valence electrons. The van der Waals surface area contributed by atoms with E-state index in [-0.39, 0.29) is 0 Å². The van der Waals surface area contributed by atoms with Crippen LogP contribution < -0.4 is 14.7 Å². The highest BCUT2D eigenvalue weighted by Gasteiger charge is 2.70. The van der Waals surface area contributed by atoms with Crippen LogP contribution in [0.1, 0.15) is 106 Å². The van der Waals surface area contributed by atoms with Crippen LogP contribution in [-0.2, 0) is 28.4 Å². The first kappa shape index (κ1) is 41.2. The van der Waals surface area contributed by atoms with Crippen molar-refractivity contribution in [1.29, 1.82) is 0 Å². The fourth-order valence-corrected chi connectivity index (χ4v) is 5.56. The molecule has 0 bridgehead atoms. The van der Waals surface area contributed by atoms with Gasteiger partial charge in [0, 0.05) is 75.4 Å². The van der Waals surface area contributed by atoms with Crippen molar-refractivity contribution in [3.63, 3.8) is 0 Å². The lowest BCUT2D eigenvalue weighted by molar-refractivity contribution is -0.472. The molecular formula is C33H66N6O6. The summed E-state index contributed by atoms with van der Waals surface area (Å²) in [6, 6.07) is 0. The molecule has 0 N–H and O–H groups in total. The number of hydrogen-bond donors (Lipinski definition) is 0. The summed E-state index contributed by atoms with van der Waals surface area (Å²) in [5, 5.41) is 0. The van der Waals surface area contributed by atoms with E-state index in [9.17, 15) is 0 Å². The van der Waals surface area contributed by atoms with Gasteiger partial charge in [-0.25, -0.2) is 0 Å². The summed E-state index contributed by atoms with van der Waals surface area (Å²) in [5.74, 6) is -3.32. The molecule has 0 radical (unpaired) electrons. The second kappa shape index (κ2) is 21.1. The number of hydrogen-bond acceptors (Lipinski definition) is 12. The molecule has 1 aromatic heterocycles. The van der Waals surface area contributed by atoms with Crippen LogP contribution >= 0.6 is 0 Å². The average Bonchev–Trinajstić information content (AvgIpc) is 3.07. The van der Waals surface area contributed by atoms with E-state index in [1.165, 1.54) is 28.4 Å². The number of ether oxygens (including phenoxy) is 6. The van der Waals surface area contributed by atoms with E-state index in [4.69, 9.17) is 43.4 Å². The van der Waals surface area contributed by atoms with Crippen molar-refractivity contribution < 1.29 is 28.4 Å². The highest BCUT2D eigenvalue weighted by Crippen LogP contribution is 2.45. The maximum Gasteiger partial charge on any atom is 0.316 e. The van der Waals surface area contributed by atoms with Gasteiger partial charge in [-0.3, -0.25) is 4.90 Å². The van der Waals surface area contributed by atoms with Gasteiger partial charge in [0.1, 0.15) is 0 Å². The van der Waals surface area contributed by atoms with Gasteiger partial charge < -0.3 is 38.2 Å². The van der Waals surface area contributed by atoms with Gasteiger partial charge in [0.2, 0.25) is 23.6 Å². The zero-order chi connectivity index (χ0) is 33.9. The van der Waals surface area contributed by atoms with Crippen LogP contribution in [0, 0.1) is 0 Å². The van der Waals surface area contributed by atoms with E-state index in [1.807, 2.05) is 4.90 Å². The number of rotatable bonds is 27. The van der Waals surface area contributed by atoms with Crippen molar-refractivity contribution >= 4 is 17.8 Å². The lowest BCUT2D eigenvalue weighted by atomic mass is 10.00. The molecule has 0 aliphatic heterocycles. The van der Waals surface area contributed by atoms with Gasteiger partial charge in [-0.2, -0.15) is 15.0 Å². The van der Waals surface area contributed by atoms with E-state index < -0.39 is 17.5 Å². The minimum atomic E-state index is -1.76. The predicted molar refractivity (Wildman–Crippen MR) is 182 cm³/mol. The summed E-state index contributed by atoms with van der Waals surface area (Å²) in [6.45, 7) is 16.5. The maximum absolute atomic E-state index is 6.32. The Hall–Kier alpha value is -1.83. The first-order valence-corrected chi connectivity index (χ1v) is 17.0. The van der Waals surface area contributed by atoms with Gasteiger partial charge in [0.05, 0.1) is 0 Å². The second-order valence-corrected chi connectivity index (χ2v) is 11.5. The van der Waals surface area contributed by atoms with E-state index in [0.717, 1.165) is 90.4 Å². The molecule has 1 heterocycles. The highest BCUT2D eigenvalue weighted by molar-refractivity contribution is 5.48. The zero-order valence-electron chi connectivity index (χ0n) is 30.7. The van der Waals surface area contributed by atoms with E-state index in [1.54, 1.807) is 21.1 Å². The Kier molecular flexibility index (Phi) is 19.3. The minimum absolute atomic E-state index is 0.399. The molecule has 0 aliphatic carbocycles. The summed E-state index contributed by atoms with van der Waals surface area (Å²) >= 11 is 0. The van der Waals surface area contributed by atoms with Crippen LogP contribution in [0.25, 0.3) is 0 Å². The summed E-state index contributed by atoms with van der Waals surface area (Å²) < 4.78 is 36.8. The monoisotopic (exact) mass is 643 g/mol. The number of anilines is 3. The average molecular weight is 643 g/mol. The number of nitrogens with zero attached hydrogens (tertiary/aromatic N) is 6. The third-order valence-electron chi connectivity index (χ3n) is 8.55. The van der Waals surface area contributed by atoms with Crippen LogP contribution in [-0.4, -0.2) is 108 Å². The molecular weight excluding hydrogens is 576 g/mol. The fourth-order valence-electron chi connectivity index (χ4n) is 5.56. The zero-order valence-corrected chi connectivity index (χ0v) is 30.7. The van der Waals surface area contributed by atoms with Crippen molar-refractivity contribution in [2.45, 2.75) is 123 Å². The van der Waals surface area contributed by atoms with Crippen molar-refractivity contribution in [2.24, 2.45) is 0 Å². The molecule has 0 aromatic carbocycles. The second-order valence-electron chi connectivity index (χ2n) is 11.5. The molecule has 45 heavy (non-hydrogen) atoms. The Morgan fingerprint density at radius 1 is 0.467 bits per heavy atom. The minimum Gasteiger partial charge on any atom is -0.349 e.